The predicted molar refractivity (Wildman–Crippen MR) is 76.6 cm³/mol. The van der Waals surface area contributed by atoms with E-state index in [1.54, 1.807) is 6.92 Å². The maximum Gasteiger partial charge on any atom is 0.436 e. The first kappa shape index (κ1) is 17.3. The van der Waals surface area contributed by atoms with Crippen LogP contribution in [0.2, 0.25) is 0 Å². The fourth-order valence-corrected chi connectivity index (χ4v) is 2.53. The SMILES string of the molecule is CCC(C)(C)c1c(C)c(O)cc(F)c1-c1cc(C(F)(F)F)no1. The van der Waals surface area contributed by atoms with E-state index in [0.717, 1.165) is 6.07 Å². The van der Waals surface area contributed by atoms with Gasteiger partial charge in [-0.05, 0) is 29.9 Å². The molecule has 0 aliphatic carbocycles. The van der Waals surface area contributed by atoms with Gasteiger partial charge in [0.15, 0.2) is 11.5 Å². The minimum absolute atomic E-state index is 0.102. The minimum atomic E-state index is -4.68. The molecule has 23 heavy (non-hydrogen) atoms. The summed E-state index contributed by atoms with van der Waals surface area (Å²) in [6.07, 6.45) is -4.09. The Labute approximate surface area is 130 Å². The lowest BCUT2D eigenvalue weighted by atomic mass is 9.76. The molecule has 1 aromatic carbocycles. The molecule has 0 saturated carbocycles. The highest BCUT2D eigenvalue weighted by atomic mass is 19.4. The van der Waals surface area contributed by atoms with Crippen LogP contribution in [0.1, 0.15) is 44.0 Å². The second kappa shape index (κ2) is 5.54. The average Bonchev–Trinajstić information content (AvgIpc) is 2.91. The second-order valence-corrected chi connectivity index (χ2v) is 6.06. The van der Waals surface area contributed by atoms with Gasteiger partial charge >= 0.3 is 6.18 Å². The van der Waals surface area contributed by atoms with Gasteiger partial charge in [-0.15, -0.1) is 0 Å². The number of aromatic nitrogens is 1. The van der Waals surface area contributed by atoms with E-state index in [9.17, 15) is 22.7 Å². The van der Waals surface area contributed by atoms with Gasteiger partial charge in [-0.1, -0.05) is 25.9 Å². The number of hydrogen-bond acceptors (Lipinski definition) is 3. The van der Waals surface area contributed by atoms with Crippen LogP contribution in [0.5, 0.6) is 5.75 Å². The first-order valence-corrected chi connectivity index (χ1v) is 7.06. The molecule has 0 radical (unpaired) electrons. The highest BCUT2D eigenvalue weighted by Crippen LogP contribution is 2.43. The van der Waals surface area contributed by atoms with E-state index in [2.05, 4.69) is 5.16 Å². The van der Waals surface area contributed by atoms with Crippen molar-refractivity contribution in [2.75, 3.05) is 0 Å². The number of phenolic OH excluding ortho intramolecular Hbond substituents is 1. The van der Waals surface area contributed by atoms with Gasteiger partial charge in [-0.25, -0.2) is 4.39 Å². The van der Waals surface area contributed by atoms with Crippen molar-refractivity contribution in [2.24, 2.45) is 0 Å². The molecule has 0 fully saturated rings. The van der Waals surface area contributed by atoms with E-state index >= 15 is 0 Å². The summed E-state index contributed by atoms with van der Waals surface area (Å²) in [6.45, 7) is 7.09. The Morgan fingerprint density at radius 3 is 2.30 bits per heavy atom. The van der Waals surface area contributed by atoms with Crippen LogP contribution < -0.4 is 0 Å². The van der Waals surface area contributed by atoms with E-state index in [1.165, 1.54) is 0 Å². The summed E-state index contributed by atoms with van der Waals surface area (Å²) in [6, 6.07) is 1.54. The molecule has 1 heterocycles. The summed E-state index contributed by atoms with van der Waals surface area (Å²) in [7, 11) is 0. The van der Waals surface area contributed by atoms with E-state index in [-0.39, 0.29) is 17.1 Å². The quantitative estimate of drug-likeness (QED) is 0.786. The Kier molecular flexibility index (Phi) is 4.17. The average molecular weight is 331 g/mol. The first-order valence-electron chi connectivity index (χ1n) is 7.06. The number of phenols is 1. The first-order chi connectivity index (χ1) is 10.5. The number of hydrogen-bond donors (Lipinski definition) is 1. The zero-order chi connectivity index (χ0) is 17.6. The van der Waals surface area contributed by atoms with E-state index < -0.39 is 23.1 Å². The maximum absolute atomic E-state index is 14.4. The molecule has 0 aliphatic rings. The highest BCUT2D eigenvalue weighted by Gasteiger charge is 2.37. The van der Waals surface area contributed by atoms with Gasteiger partial charge < -0.3 is 9.63 Å². The van der Waals surface area contributed by atoms with Crippen molar-refractivity contribution in [3.05, 3.63) is 34.8 Å². The van der Waals surface area contributed by atoms with Crippen LogP contribution in [0.3, 0.4) is 0 Å². The number of halogens is 4. The van der Waals surface area contributed by atoms with Gasteiger partial charge in [-0.3, -0.25) is 0 Å². The second-order valence-electron chi connectivity index (χ2n) is 6.06. The lowest BCUT2D eigenvalue weighted by molar-refractivity contribution is -0.142. The third kappa shape index (κ3) is 3.04. The summed E-state index contributed by atoms with van der Waals surface area (Å²) in [5, 5.41) is 12.9. The van der Waals surface area contributed by atoms with Crippen LogP contribution in [-0.2, 0) is 11.6 Å². The number of benzene rings is 1. The van der Waals surface area contributed by atoms with Gasteiger partial charge in [-0.2, -0.15) is 13.2 Å². The van der Waals surface area contributed by atoms with Gasteiger partial charge in [0.25, 0.3) is 0 Å². The maximum atomic E-state index is 14.4. The largest absolute Gasteiger partial charge is 0.508 e. The van der Waals surface area contributed by atoms with Crippen LogP contribution in [0.4, 0.5) is 17.6 Å². The highest BCUT2D eigenvalue weighted by molar-refractivity contribution is 5.69. The standard InChI is InChI=1S/C16H17F4NO2/c1-5-15(3,4)14-8(2)10(22)6-9(17)13(14)11-7-12(21-23-11)16(18,19)20/h6-7,22H,5H2,1-4H3. The van der Waals surface area contributed by atoms with Crippen LogP contribution >= 0.6 is 0 Å². The Hall–Kier alpha value is -2.05. The van der Waals surface area contributed by atoms with Crippen molar-refractivity contribution in [2.45, 2.75) is 45.7 Å². The summed E-state index contributed by atoms with van der Waals surface area (Å²) >= 11 is 0. The Morgan fingerprint density at radius 2 is 1.83 bits per heavy atom. The predicted octanol–water partition coefficient (Wildman–Crippen LogP) is 5.20. The molecular weight excluding hydrogens is 314 g/mol. The molecule has 0 aliphatic heterocycles. The Morgan fingerprint density at radius 1 is 1.22 bits per heavy atom. The van der Waals surface area contributed by atoms with Crippen molar-refractivity contribution < 1.29 is 27.2 Å². The summed E-state index contributed by atoms with van der Waals surface area (Å²) in [5.74, 6) is -1.41. The molecule has 1 N–H and O–H groups in total. The summed E-state index contributed by atoms with van der Waals surface area (Å²) < 4.78 is 57.3. The molecule has 7 heteroatoms. The van der Waals surface area contributed by atoms with E-state index in [1.807, 2.05) is 20.8 Å². The molecule has 0 amide bonds. The topological polar surface area (TPSA) is 46.3 Å². The molecule has 3 nitrogen and oxygen atoms in total. The molecule has 0 unspecified atom stereocenters. The fraction of sp³-hybridized carbons (Fsp3) is 0.438. The van der Waals surface area contributed by atoms with Gasteiger partial charge in [0.05, 0.1) is 5.56 Å². The summed E-state index contributed by atoms with van der Waals surface area (Å²) in [5.41, 5.74) is -1.10. The molecule has 2 rings (SSSR count). The lowest BCUT2D eigenvalue weighted by Gasteiger charge is -2.28. The van der Waals surface area contributed by atoms with Crippen LogP contribution in [-0.4, -0.2) is 10.3 Å². The zero-order valence-electron chi connectivity index (χ0n) is 13.2. The molecule has 0 bridgehead atoms. The van der Waals surface area contributed by atoms with Crippen LogP contribution in [0.15, 0.2) is 16.7 Å². The lowest BCUT2D eigenvalue weighted by Crippen LogP contribution is -2.19. The van der Waals surface area contributed by atoms with Gasteiger partial charge in [0.2, 0.25) is 0 Å². The smallest absolute Gasteiger partial charge is 0.436 e. The number of nitrogens with zero attached hydrogens (tertiary/aromatic N) is 1. The molecule has 1 aromatic heterocycles. The monoisotopic (exact) mass is 331 g/mol. The van der Waals surface area contributed by atoms with Gasteiger partial charge in [0.1, 0.15) is 11.6 Å². The van der Waals surface area contributed by atoms with Crippen molar-refractivity contribution in [3.8, 4) is 17.1 Å². The van der Waals surface area contributed by atoms with Crippen LogP contribution in [0, 0.1) is 12.7 Å². The Balaban J connectivity index is 2.77. The fourth-order valence-electron chi connectivity index (χ4n) is 2.53. The molecule has 0 atom stereocenters. The van der Waals surface area contributed by atoms with Crippen molar-refractivity contribution in [3.63, 3.8) is 0 Å². The molecule has 0 spiro atoms. The molecule has 0 saturated heterocycles. The van der Waals surface area contributed by atoms with E-state index in [0.29, 0.717) is 23.6 Å². The third-order valence-electron chi connectivity index (χ3n) is 4.12. The number of alkyl halides is 3. The molecular formula is C16H17F4NO2. The van der Waals surface area contributed by atoms with Crippen LogP contribution in [0.25, 0.3) is 11.3 Å². The molecule has 126 valence electrons. The van der Waals surface area contributed by atoms with Gasteiger partial charge in [0, 0.05) is 12.1 Å². The van der Waals surface area contributed by atoms with Crippen molar-refractivity contribution >= 4 is 0 Å². The normalized spacial score (nSPS) is 12.7. The minimum Gasteiger partial charge on any atom is -0.508 e. The number of aromatic hydroxyl groups is 1. The summed E-state index contributed by atoms with van der Waals surface area (Å²) in [4.78, 5) is 0. The van der Waals surface area contributed by atoms with E-state index in [4.69, 9.17) is 4.52 Å². The van der Waals surface area contributed by atoms with Crippen molar-refractivity contribution in [1.82, 2.24) is 5.16 Å². The molecule has 2 aromatic rings. The zero-order valence-corrected chi connectivity index (χ0v) is 13.2. The van der Waals surface area contributed by atoms with Crippen molar-refractivity contribution in [1.29, 1.82) is 0 Å². The number of rotatable bonds is 3. The third-order valence-corrected chi connectivity index (χ3v) is 4.12. The Bertz CT molecular complexity index is 732.